The average Bonchev–Trinajstić information content (AvgIpc) is 3.41. The van der Waals surface area contributed by atoms with Gasteiger partial charge in [-0.15, -0.1) is 16.4 Å². The van der Waals surface area contributed by atoms with Gasteiger partial charge in [0.15, 0.2) is 11.5 Å². The fraction of sp³-hybridized carbons (Fsp3) is 0.211. The zero-order valence-corrected chi connectivity index (χ0v) is 15.7. The first-order valence-corrected chi connectivity index (χ1v) is 9.25. The lowest BCUT2D eigenvalue weighted by molar-refractivity contribution is 0.0964. The molecule has 8 heteroatoms. The molecule has 0 aliphatic rings. The standard InChI is InChI=1S/C19H17N3O4S/c1-12-9-15(13(2)21(12)10-14-5-4-8-27-14)16(23)11-22-19(24)26-18(20-22)17-6-3-7-25-17/h3-9H,10-11H2,1-2H3. The quantitative estimate of drug-likeness (QED) is 0.476. The third-order valence-corrected chi connectivity index (χ3v) is 5.26. The maximum absolute atomic E-state index is 12.8. The SMILES string of the molecule is Cc1cc(C(=O)Cn2nc(-c3ccco3)oc2=O)c(C)n1Cc1cccs1. The van der Waals surface area contributed by atoms with Crippen LogP contribution in [0.25, 0.3) is 11.7 Å². The normalized spacial score (nSPS) is 11.2. The first-order valence-electron chi connectivity index (χ1n) is 8.37. The number of Topliss-reactive ketones (excluding diaryl/α,β-unsaturated/α-hetero) is 1. The lowest BCUT2D eigenvalue weighted by Crippen LogP contribution is -2.22. The number of carbonyl (C=O) groups excluding carboxylic acids is 1. The third kappa shape index (κ3) is 3.31. The monoisotopic (exact) mass is 383 g/mol. The Hall–Kier alpha value is -3.13. The van der Waals surface area contributed by atoms with Crippen molar-refractivity contribution in [2.75, 3.05) is 0 Å². The van der Waals surface area contributed by atoms with E-state index in [9.17, 15) is 9.59 Å². The molecule has 0 atom stereocenters. The molecule has 4 aromatic heterocycles. The minimum absolute atomic E-state index is 0.0565. The van der Waals surface area contributed by atoms with Crippen LogP contribution >= 0.6 is 11.3 Å². The first kappa shape index (κ1) is 17.3. The van der Waals surface area contributed by atoms with E-state index in [1.165, 1.54) is 11.1 Å². The van der Waals surface area contributed by atoms with E-state index >= 15 is 0 Å². The summed E-state index contributed by atoms with van der Waals surface area (Å²) in [6, 6.07) is 9.23. The summed E-state index contributed by atoms with van der Waals surface area (Å²) in [5, 5.41) is 6.09. The number of hydrogen-bond acceptors (Lipinski definition) is 6. The summed E-state index contributed by atoms with van der Waals surface area (Å²) >= 11 is 1.68. The van der Waals surface area contributed by atoms with Crippen molar-refractivity contribution >= 4 is 17.1 Å². The molecule has 0 bridgehead atoms. The fourth-order valence-electron chi connectivity index (χ4n) is 3.01. The highest BCUT2D eigenvalue weighted by Gasteiger charge is 2.20. The second-order valence-corrected chi connectivity index (χ2v) is 7.21. The summed E-state index contributed by atoms with van der Waals surface area (Å²) in [6.07, 6.45) is 1.46. The molecule has 0 radical (unpaired) electrons. The zero-order valence-electron chi connectivity index (χ0n) is 14.8. The van der Waals surface area contributed by atoms with E-state index in [2.05, 4.69) is 15.7 Å². The number of nitrogens with zero attached hydrogens (tertiary/aromatic N) is 3. The Morgan fingerprint density at radius 2 is 2.11 bits per heavy atom. The van der Waals surface area contributed by atoms with Crippen LogP contribution in [0, 0.1) is 13.8 Å². The van der Waals surface area contributed by atoms with Crippen LogP contribution in [0.15, 0.2) is 55.6 Å². The van der Waals surface area contributed by atoms with Gasteiger partial charge in [-0.3, -0.25) is 4.79 Å². The van der Waals surface area contributed by atoms with Gasteiger partial charge in [-0.25, -0.2) is 4.79 Å². The van der Waals surface area contributed by atoms with Gasteiger partial charge in [-0.1, -0.05) is 6.07 Å². The van der Waals surface area contributed by atoms with Crippen LogP contribution in [0.1, 0.15) is 26.6 Å². The molecule has 0 saturated heterocycles. The molecule has 27 heavy (non-hydrogen) atoms. The van der Waals surface area contributed by atoms with Crippen LogP contribution in [0.5, 0.6) is 0 Å². The van der Waals surface area contributed by atoms with Gasteiger partial charge >= 0.3 is 5.76 Å². The van der Waals surface area contributed by atoms with E-state index in [-0.39, 0.29) is 18.2 Å². The highest BCUT2D eigenvalue weighted by molar-refractivity contribution is 7.09. The molecule has 0 aromatic carbocycles. The van der Waals surface area contributed by atoms with E-state index in [0.717, 1.165) is 22.6 Å². The number of furan rings is 1. The van der Waals surface area contributed by atoms with Crippen molar-refractivity contribution in [3.63, 3.8) is 0 Å². The predicted octanol–water partition coefficient (Wildman–Crippen LogP) is 3.51. The Morgan fingerprint density at radius 1 is 1.26 bits per heavy atom. The highest BCUT2D eigenvalue weighted by atomic mass is 32.1. The number of hydrogen-bond donors (Lipinski definition) is 0. The van der Waals surface area contributed by atoms with Gasteiger partial charge in [0.05, 0.1) is 12.8 Å². The molecule has 7 nitrogen and oxygen atoms in total. The number of aryl methyl sites for hydroxylation is 1. The summed E-state index contributed by atoms with van der Waals surface area (Å²) < 4.78 is 13.4. The van der Waals surface area contributed by atoms with Crippen LogP contribution in [-0.2, 0) is 13.1 Å². The summed E-state index contributed by atoms with van der Waals surface area (Å²) in [5.74, 6) is -0.488. The molecule has 0 aliphatic carbocycles. The van der Waals surface area contributed by atoms with Crippen molar-refractivity contribution in [3.05, 3.63) is 74.4 Å². The average molecular weight is 383 g/mol. The second kappa shape index (κ2) is 6.88. The second-order valence-electron chi connectivity index (χ2n) is 6.18. The zero-order chi connectivity index (χ0) is 19.0. The van der Waals surface area contributed by atoms with Gasteiger partial charge in [0.2, 0.25) is 0 Å². The number of rotatable bonds is 6. The van der Waals surface area contributed by atoms with Crippen molar-refractivity contribution in [3.8, 4) is 11.7 Å². The first-order chi connectivity index (χ1) is 13.0. The lowest BCUT2D eigenvalue weighted by atomic mass is 10.1. The maximum Gasteiger partial charge on any atom is 0.437 e. The molecular weight excluding hydrogens is 366 g/mol. The van der Waals surface area contributed by atoms with E-state index in [1.54, 1.807) is 23.5 Å². The molecule has 0 fully saturated rings. The Kier molecular flexibility index (Phi) is 4.41. The Balaban J connectivity index is 1.58. The number of ketones is 1. The lowest BCUT2D eigenvalue weighted by Gasteiger charge is -2.08. The number of aromatic nitrogens is 3. The third-order valence-electron chi connectivity index (χ3n) is 4.40. The van der Waals surface area contributed by atoms with Gasteiger partial charge in [-0.2, -0.15) is 4.68 Å². The van der Waals surface area contributed by atoms with Gasteiger partial charge in [0.25, 0.3) is 5.89 Å². The summed E-state index contributed by atoms with van der Waals surface area (Å²) in [5.41, 5.74) is 2.44. The van der Waals surface area contributed by atoms with Crippen LogP contribution in [0.4, 0.5) is 0 Å². The topological polar surface area (TPSA) is 83.2 Å². The molecule has 0 saturated carbocycles. The Labute approximate surface area is 158 Å². The summed E-state index contributed by atoms with van der Waals surface area (Å²) in [7, 11) is 0. The molecule has 0 unspecified atom stereocenters. The van der Waals surface area contributed by atoms with E-state index in [4.69, 9.17) is 8.83 Å². The maximum atomic E-state index is 12.8. The van der Waals surface area contributed by atoms with Gasteiger partial charge in [0, 0.05) is 21.8 Å². The van der Waals surface area contributed by atoms with Crippen LogP contribution in [0.3, 0.4) is 0 Å². The molecule has 138 valence electrons. The van der Waals surface area contributed by atoms with E-state index in [0.29, 0.717) is 11.3 Å². The molecular formula is C19H17N3O4S. The van der Waals surface area contributed by atoms with Gasteiger partial charge in [-0.05, 0) is 43.5 Å². The van der Waals surface area contributed by atoms with Crippen molar-refractivity contribution in [2.45, 2.75) is 26.9 Å². The fourth-order valence-corrected chi connectivity index (χ4v) is 3.70. The van der Waals surface area contributed by atoms with Crippen molar-refractivity contribution in [2.24, 2.45) is 0 Å². The molecule has 0 aliphatic heterocycles. The van der Waals surface area contributed by atoms with Crippen molar-refractivity contribution < 1.29 is 13.6 Å². The molecule has 0 amide bonds. The summed E-state index contributed by atoms with van der Waals surface area (Å²) in [6.45, 7) is 4.41. The van der Waals surface area contributed by atoms with Gasteiger partial charge in [0.1, 0.15) is 6.54 Å². The van der Waals surface area contributed by atoms with E-state index in [1.807, 2.05) is 31.4 Å². The van der Waals surface area contributed by atoms with Crippen LogP contribution in [0.2, 0.25) is 0 Å². The van der Waals surface area contributed by atoms with Crippen molar-refractivity contribution in [1.29, 1.82) is 0 Å². The number of carbonyl (C=O) groups is 1. The predicted molar refractivity (Wildman–Crippen MR) is 100 cm³/mol. The molecule has 4 aromatic rings. The summed E-state index contributed by atoms with van der Waals surface area (Å²) in [4.78, 5) is 26.0. The van der Waals surface area contributed by atoms with Gasteiger partial charge < -0.3 is 13.4 Å². The van der Waals surface area contributed by atoms with E-state index < -0.39 is 5.76 Å². The van der Waals surface area contributed by atoms with Crippen molar-refractivity contribution in [1.82, 2.24) is 14.3 Å². The Bertz CT molecular complexity index is 1130. The largest absolute Gasteiger partial charge is 0.459 e. The molecule has 0 spiro atoms. The van der Waals surface area contributed by atoms with Crippen LogP contribution < -0.4 is 5.76 Å². The number of thiophene rings is 1. The minimum atomic E-state index is -0.692. The highest BCUT2D eigenvalue weighted by Crippen LogP contribution is 2.20. The van der Waals surface area contributed by atoms with Crippen LogP contribution in [-0.4, -0.2) is 20.1 Å². The smallest absolute Gasteiger partial charge is 0.437 e. The Morgan fingerprint density at radius 3 is 2.81 bits per heavy atom. The molecule has 4 heterocycles. The minimum Gasteiger partial charge on any atom is -0.459 e. The molecule has 0 N–H and O–H groups in total. The molecule has 4 rings (SSSR count).